The molecule has 0 aromatic carbocycles. The van der Waals surface area contributed by atoms with Gasteiger partial charge in [-0.05, 0) is 11.6 Å². The van der Waals surface area contributed by atoms with Gasteiger partial charge in [0.05, 0.1) is 22.9 Å². The molecule has 1 aromatic heterocycles. The van der Waals surface area contributed by atoms with E-state index in [0.717, 1.165) is 0 Å². The molecular formula is C12H16ClN3O3S. The molecule has 0 fully saturated rings. The van der Waals surface area contributed by atoms with Gasteiger partial charge in [-0.3, -0.25) is 0 Å². The van der Waals surface area contributed by atoms with Gasteiger partial charge in [0.15, 0.2) is 0 Å². The summed E-state index contributed by atoms with van der Waals surface area (Å²) in [7, 11) is 0.0201. The number of nitrogens with zero attached hydrogens (tertiary/aromatic N) is 3. The van der Waals surface area contributed by atoms with Gasteiger partial charge in [-0.2, -0.15) is 5.26 Å². The summed E-state index contributed by atoms with van der Waals surface area (Å²) in [6, 6.07) is 3.27. The highest BCUT2D eigenvalue weighted by Gasteiger charge is 2.42. The van der Waals surface area contributed by atoms with Crippen molar-refractivity contribution < 1.29 is 13.7 Å². The number of rotatable bonds is 6. The van der Waals surface area contributed by atoms with Crippen molar-refractivity contribution in [3.63, 3.8) is 0 Å². The van der Waals surface area contributed by atoms with Crippen molar-refractivity contribution >= 4 is 21.3 Å². The molecule has 0 amide bonds. The van der Waals surface area contributed by atoms with Crippen LogP contribution in [-0.2, 0) is 23.9 Å². The fourth-order valence-electron chi connectivity index (χ4n) is 1.92. The Morgan fingerprint density at radius 2 is 2.05 bits per heavy atom. The number of pyridine rings is 1. The summed E-state index contributed by atoms with van der Waals surface area (Å²) >= 11 is 5.77. The molecule has 1 aromatic rings. The molecule has 0 aliphatic rings. The van der Waals surface area contributed by atoms with E-state index in [1.54, 1.807) is 18.3 Å². The second kappa shape index (κ2) is 6.99. The van der Waals surface area contributed by atoms with Gasteiger partial charge in [-0.1, -0.05) is 17.7 Å². The molecule has 1 unspecified atom stereocenters. The first kappa shape index (κ1) is 16.9. The zero-order valence-corrected chi connectivity index (χ0v) is 13.1. The van der Waals surface area contributed by atoms with Crippen LogP contribution < -0.4 is 0 Å². The van der Waals surface area contributed by atoms with E-state index in [2.05, 4.69) is 9.35 Å². The lowest BCUT2D eigenvalue weighted by molar-refractivity contribution is 0.0992. The Kier molecular flexibility index (Phi) is 5.89. The zero-order valence-electron chi connectivity index (χ0n) is 11.5. The van der Waals surface area contributed by atoms with Gasteiger partial charge in [0, 0.05) is 26.7 Å². The molecule has 1 heterocycles. The second-order valence-electron chi connectivity index (χ2n) is 4.22. The highest BCUT2D eigenvalue weighted by atomic mass is 35.5. The molecule has 1 atom stereocenters. The maximum Gasteiger partial charge on any atom is 0.214 e. The van der Waals surface area contributed by atoms with Gasteiger partial charge in [-0.15, -0.1) is 4.36 Å². The SMILES string of the molecule is COCC(COC)(c1ccc(Cl)nc1)S(C)(=O)=NC#N. The van der Waals surface area contributed by atoms with E-state index in [0.29, 0.717) is 10.7 Å². The number of halogens is 1. The molecule has 0 saturated heterocycles. The highest BCUT2D eigenvalue weighted by molar-refractivity contribution is 7.94. The van der Waals surface area contributed by atoms with Crippen molar-refractivity contribution in [2.45, 2.75) is 4.75 Å². The van der Waals surface area contributed by atoms with Crippen molar-refractivity contribution in [1.29, 1.82) is 5.26 Å². The van der Waals surface area contributed by atoms with E-state index in [-0.39, 0.29) is 13.2 Å². The van der Waals surface area contributed by atoms with E-state index in [1.807, 2.05) is 0 Å². The lowest BCUT2D eigenvalue weighted by atomic mass is 10.0. The van der Waals surface area contributed by atoms with Crippen LogP contribution in [-0.4, -0.2) is 42.9 Å². The molecular weight excluding hydrogens is 302 g/mol. The molecule has 0 saturated carbocycles. The number of hydrogen-bond acceptors (Lipinski definition) is 6. The van der Waals surface area contributed by atoms with E-state index in [9.17, 15) is 4.21 Å². The summed E-state index contributed by atoms with van der Waals surface area (Å²) in [4.78, 5) is 3.99. The van der Waals surface area contributed by atoms with Gasteiger partial charge >= 0.3 is 0 Å². The molecule has 110 valence electrons. The number of methoxy groups -OCH3 is 2. The molecule has 0 aliphatic heterocycles. The first-order valence-corrected chi connectivity index (χ1v) is 7.93. The van der Waals surface area contributed by atoms with Crippen molar-refractivity contribution in [1.82, 2.24) is 4.98 Å². The standard InChI is InChI=1S/C12H16ClN3O3S/c1-18-7-12(8-19-2,20(3,17)16-9-14)10-4-5-11(13)15-6-10/h4-6H,7-8H2,1-3H3. The van der Waals surface area contributed by atoms with Crippen molar-refractivity contribution in [2.24, 2.45) is 4.36 Å². The Labute approximate surface area is 123 Å². The van der Waals surface area contributed by atoms with Crippen molar-refractivity contribution in [3.05, 3.63) is 29.0 Å². The van der Waals surface area contributed by atoms with Crippen LogP contribution in [0.1, 0.15) is 5.56 Å². The smallest absolute Gasteiger partial charge is 0.214 e. The lowest BCUT2D eigenvalue weighted by Gasteiger charge is -2.33. The van der Waals surface area contributed by atoms with Gasteiger partial charge < -0.3 is 9.47 Å². The number of hydrogen-bond donors (Lipinski definition) is 0. The third kappa shape index (κ3) is 3.27. The normalized spacial score (nSPS) is 14.3. The second-order valence-corrected chi connectivity index (χ2v) is 7.18. The predicted octanol–water partition coefficient (Wildman–Crippen LogP) is 1.80. The largest absolute Gasteiger partial charge is 0.383 e. The molecule has 0 aliphatic carbocycles. The number of nitriles is 1. The first-order valence-electron chi connectivity index (χ1n) is 5.63. The Balaban J connectivity index is 3.55. The van der Waals surface area contributed by atoms with Crippen LogP contribution in [0.3, 0.4) is 0 Å². The van der Waals surface area contributed by atoms with Crippen molar-refractivity contribution in [3.8, 4) is 6.19 Å². The third-order valence-corrected chi connectivity index (χ3v) is 5.52. The van der Waals surface area contributed by atoms with Gasteiger partial charge in [0.25, 0.3) is 0 Å². The predicted molar refractivity (Wildman–Crippen MR) is 76.8 cm³/mol. The van der Waals surface area contributed by atoms with Crippen LogP contribution in [0, 0.1) is 11.5 Å². The minimum absolute atomic E-state index is 0.0741. The number of aromatic nitrogens is 1. The zero-order chi connectivity index (χ0) is 15.2. The Bertz CT molecular complexity index is 597. The van der Waals surface area contributed by atoms with Gasteiger partial charge in [0.2, 0.25) is 6.19 Å². The lowest BCUT2D eigenvalue weighted by Crippen LogP contribution is -2.43. The number of ether oxygens (including phenoxy) is 2. The maximum absolute atomic E-state index is 12.9. The summed E-state index contributed by atoms with van der Waals surface area (Å²) in [6.07, 6.45) is 4.51. The minimum Gasteiger partial charge on any atom is -0.383 e. The molecule has 0 bridgehead atoms. The van der Waals surface area contributed by atoms with Crippen molar-refractivity contribution in [2.75, 3.05) is 33.7 Å². The van der Waals surface area contributed by atoms with Crippen LogP contribution >= 0.6 is 11.6 Å². The summed E-state index contributed by atoms with van der Waals surface area (Å²) in [5.41, 5.74) is 0.595. The average Bonchev–Trinajstić information content (AvgIpc) is 2.39. The topological polar surface area (TPSA) is 84.6 Å². The monoisotopic (exact) mass is 317 g/mol. The highest BCUT2D eigenvalue weighted by Crippen LogP contribution is 2.32. The van der Waals surface area contributed by atoms with Crippen LogP contribution in [0.25, 0.3) is 0 Å². The Morgan fingerprint density at radius 3 is 2.45 bits per heavy atom. The molecule has 8 heteroatoms. The Hall–Kier alpha value is -1.20. The van der Waals surface area contributed by atoms with Crippen LogP contribution in [0.4, 0.5) is 0 Å². The van der Waals surface area contributed by atoms with Crippen LogP contribution in [0.15, 0.2) is 22.7 Å². The summed E-state index contributed by atoms with van der Waals surface area (Å²) in [5, 5.41) is 9.10. The molecule has 0 spiro atoms. The fraction of sp³-hybridized carbons (Fsp3) is 0.500. The van der Waals surface area contributed by atoms with Crippen LogP contribution in [0.5, 0.6) is 0 Å². The fourth-order valence-corrected chi connectivity index (χ4v) is 3.60. The summed E-state index contributed by atoms with van der Waals surface area (Å²) in [5.74, 6) is 0. The maximum atomic E-state index is 12.9. The third-order valence-electron chi connectivity index (χ3n) is 2.95. The molecule has 20 heavy (non-hydrogen) atoms. The van der Waals surface area contributed by atoms with Gasteiger partial charge in [0.1, 0.15) is 9.90 Å². The Morgan fingerprint density at radius 1 is 1.45 bits per heavy atom. The average molecular weight is 318 g/mol. The van der Waals surface area contributed by atoms with Crippen LogP contribution in [0.2, 0.25) is 5.15 Å². The first-order chi connectivity index (χ1) is 9.43. The van der Waals surface area contributed by atoms with E-state index in [1.165, 1.54) is 26.7 Å². The summed E-state index contributed by atoms with van der Waals surface area (Å²) in [6.45, 7) is 0.148. The molecule has 1 rings (SSSR count). The summed E-state index contributed by atoms with van der Waals surface area (Å²) < 4.78 is 25.7. The van der Waals surface area contributed by atoms with Gasteiger partial charge in [-0.25, -0.2) is 9.19 Å². The molecule has 6 nitrogen and oxygen atoms in total. The quantitative estimate of drug-likeness (QED) is 0.590. The van der Waals surface area contributed by atoms with E-state index >= 15 is 0 Å². The van der Waals surface area contributed by atoms with E-state index < -0.39 is 14.5 Å². The molecule has 0 N–H and O–H groups in total. The molecule has 0 radical (unpaired) electrons. The van der Waals surface area contributed by atoms with E-state index in [4.69, 9.17) is 26.3 Å². The minimum atomic E-state index is -2.94.